The second kappa shape index (κ2) is 7.76. The van der Waals surface area contributed by atoms with Crippen LogP contribution in [0.15, 0.2) is 35.1 Å². The van der Waals surface area contributed by atoms with E-state index in [4.69, 9.17) is 5.10 Å². The summed E-state index contributed by atoms with van der Waals surface area (Å²) in [5.41, 5.74) is 0.936. The van der Waals surface area contributed by atoms with E-state index in [-0.39, 0.29) is 5.69 Å². The molecule has 1 N–H and O–H groups in total. The van der Waals surface area contributed by atoms with Crippen LogP contribution >= 0.6 is 0 Å². The van der Waals surface area contributed by atoms with Crippen LogP contribution < -0.4 is 11.0 Å². The number of rotatable bonds is 5. The summed E-state index contributed by atoms with van der Waals surface area (Å²) >= 11 is 0. The summed E-state index contributed by atoms with van der Waals surface area (Å²) in [4.78, 5) is 15.5. The van der Waals surface area contributed by atoms with Gasteiger partial charge in [-0.3, -0.25) is 0 Å². The van der Waals surface area contributed by atoms with E-state index in [2.05, 4.69) is 17.3 Å². The molecule has 2 aliphatic heterocycles. The molecule has 4 rings (SSSR count). The molecule has 1 aromatic heterocycles. The zero-order valence-corrected chi connectivity index (χ0v) is 15.6. The molecule has 1 unspecified atom stereocenters. The van der Waals surface area contributed by atoms with Gasteiger partial charge in [0.2, 0.25) is 0 Å². The Labute approximate surface area is 154 Å². The van der Waals surface area contributed by atoms with Gasteiger partial charge in [-0.05, 0) is 69.9 Å². The predicted molar refractivity (Wildman–Crippen MR) is 103 cm³/mol. The van der Waals surface area contributed by atoms with Gasteiger partial charge >= 0.3 is 5.69 Å². The Hall–Kier alpha value is -1.92. The molecule has 2 fully saturated rings. The van der Waals surface area contributed by atoms with E-state index in [0.29, 0.717) is 11.8 Å². The minimum atomic E-state index is 0.00897. The Morgan fingerprint density at radius 3 is 2.58 bits per heavy atom. The van der Waals surface area contributed by atoms with Crippen molar-refractivity contribution in [3.05, 3.63) is 46.6 Å². The second-order valence-electron chi connectivity index (χ2n) is 7.87. The first kappa shape index (κ1) is 17.5. The molecule has 1 atom stereocenters. The molecule has 2 aliphatic rings. The Morgan fingerprint density at radius 2 is 1.88 bits per heavy atom. The van der Waals surface area contributed by atoms with E-state index >= 15 is 0 Å². The minimum Gasteiger partial charge on any atom is -0.317 e. The van der Waals surface area contributed by atoms with Crippen LogP contribution in [0.5, 0.6) is 0 Å². The number of hydrogen-bond acceptors (Lipinski definition) is 4. The molecule has 0 bridgehead atoms. The standard InChI is InChI=1S/C20H29N5O/c1-23-12-9-17(14-23)15-24-20(26)25(18-5-3-2-4-6-18)19(22-24)13-16-7-10-21-11-8-16/h2-6,16-17,21H,7-15H2,1H3. The number of aromatic nitrogens is 3. The number of benzene rings is 1. The fraction of sp³-hybridized carbons (Fsp3) is 0.600. The number of para-hydroxylation sites is 1. The van der Waals surface area contributed by atoms with Gasteiger partial charge < -0.3 is 10.2 Å². The molecule has 26 heavy (non-hydrogen) atoms. The van der Waals surface area contributed by atoms with Gasteiger partial charge in [0.25, 0.3) is 0 Å². The van der Waals surface area contributed by atoms with Crippen LogP contribution in [0.4, 0.5) is 0 Å². The third-order valence-electron chi connectivity index (χ3n) is 5.77. The van der Waals surface area contributed by atoms with E-state index < -0.39 is 0 Å². The highest BCUT2D eigenvalue weighted by Gasteiger charge is 2.24. The molecule has 0 radical (unpaired) electrons. The number of likely N-dealkylation sites (tertiary alicyclic amines) is 1. The lowest BCUT2D eigenvalue weighted by Crippen LogP contribution is -2.30. The topological polar surface area (TPSA) is 55.1 Å². The maximum atomic E-state index is 13.1. The summed E-state index contributed by atoms with van der Waals surface area (Å²) in [5, 5.41) is 8.21. The quantitative estimate of drug-likeness (QED) is 0.884. The molecule has 3 heterocycles. The average Bonchev–Trinajstić information content (AvgIpc) is 3.20. The molecule has 0 spiro atoms. The molecule has 6 nitrogen and oxygen atoms in total. The summed E-state index contributed by atoms with van der Waals surface area (Å²) in [7, 11) is 2.15. The van der Waals surface area contributed by atoms with Gasteiger partial charge in [0.05, 0.1) is 12.2 Å². The molecule has 0 saturated carbocycles. The van der Waals surface area contributed by atoms with Crippen molar-refractivity contribution in [3.8, 4) is 5.69 Å². The average molecular weight is 355 g/mol. The molecule has 0 amide bonds. The minimum absolute atomic E-state index is 0.00897. The lowest BCUT2D eigenvalue weighted by molar-refractivity contribution is 0.358. The smallest absolute Gasteiger partial charge is 0.317 e. The molecule has 140 valence electrons. The van der Waals surface area contributed by atoms with Crippen LogP contribution in [-0.4, -0.2) is 52.5 Å². The molecule has 1 aromatic carbocycles. The lowest BCUT2D eigenvalue weighted by atomic mass is 9.94. The molecule has 0 aliphatic carbocycles. The maximum absolute atomic E-state index is 13.1. The number of nitrogens with zero attached hydrogens (tertiary/aromatic N) is 4. The molecule has 2 saturated heterocycles. The van der Waals surface area contributed by atoms with Gasteiger partial charge in [0, 0.05) is 13.0 Å². The van der Waals surface area contributed by atoms with Gasteiger partial charge in [-0.25, -0.2) is 14.0 Å². The van der Waals surface area contributed by atoms with E-state index in [0.717, 1.165) is 69.9 Å². The summed E-state index contributed by atoms with van der Waals surface area (Å²) in [6.07, 6.45) is 4.33. The highest BCUT2D eigenvalue weighted by atomic mass is 16.2. The largest absolute Gasteiger partial charge is 0.350 e. The summed E-state index contributed by atoms with van der Waals surface area (Å²) in [6, 6.07) is 9.96. The Morgan fingerprint density at radius 1 is 1.12 bits per heavy atom. The Balaban J connectivity index is 1.64. The first-order valence-corrected chi connectivity index (χ1v) is 9.84. The Bertz CT molecular complexity index is 775. The van der Waals surface area contributed by atoms with Crippen molar-refractivity contribution < 1.29 is 0 Å². The summed E-state index contributed by atoms with van der Waals surface area (Å²) in [5.74, 6) is 2.04. The summed E-state index contributed by atoms with van der Waals surface area (Å²) in [6.45, 7) is 5.02. The number of piperidine rings is 1. The maximum Gasteiger partial charge on any atom is 0.350 e. The third kappa shape index (κ3) is 3.76. The summed E-state index contributed by atoms with van der Waals surface area (Å²) < 4.78 is 3.55. The number of hydrogen-bond donors (Lipinski definition) is 1. The van der Waals surface area contributed by atoms with Crippen molar-refractivity contribution >= 4 is 0 Å². The normalized spacial score (nSPS) is 22.1. The highest BCUT2D eigenvalue weighted by molar-refractivity contribution is 5.32. The lowest BCUT2D eigenvalue weighted by Gasteiger charge is -2.22. The molecular formula is C20H29N5O. The zero-order valence-electron chi connectivity index (χ0n) is 15.6. The molecular weight excluding hydrogens is 326 g/mol. The van der Waals surface area contributed by atoms with E-state index in [1.54, 1.807) is 4.68 Å². The first-order chi connectivity index (χ1) is 12.7. The SMILES string of the molecule is CN1CCC(Cn2nc(CC3CCNCC3)n(-c3ccccc3)c2=O)C1. The first-order valence-electron chi connectivity index (χ1n) is 9.84. The second-order valence-corrected chi connectivity index (χ2v) is 7.87. The molecule has 6 heteroatoms. The number of nitrogens with one attached hydrogen (secondary N) is 1. The third-order valence-corrected chi connectivity index (χ3v) is 5.77. The van der Waals surface area contributed by atoms with Crippen molar-refractivity contribution in [1.29, 1.82) is 0 Å². The fourth-order valence-corrected chi connectivity index (χ4v) is 4.30. The van der Waals surface area contributed by atoms with E-state index in [9.17, 15) is 4.79 Å². The molecule has 2 aromatic rings. The van der Waals surface area contributed by atoms with Crippen molar-refractivity contribution in [2.45, 2.75) is 32.2 Å². The van der Waals surface area contributed by atoms with Gasteiger partial charge in [-0.15, -0.1) is 0 Å². The van der Waals surface area contributed by atoms with Crippen LogP contribution in [0.2, 0.25) is 0 Å². The van der Waals surface area contributed by atoms with Gasteiger partial charge in [-0.2, -0.15) is 5.10 Å². The van der Waals surface area contributed by atoms with Crippen LogP contribution in [0.1, 0.15) is 25.1 Å². The van der Waals surface area contributed by atoms with Crippen LogP contribution in [0.25, 0.3) is 5.69 Å². The van der Waals surface area contributed by atoms with Crippen LogP contribution in [0.3, 0.4) is 0 Å². The predicted octanol–water partition coefficient (Wildman–Crippen LogP) is 1.53. The highest BCUT2D eigenvalue weighted by Crippen LogP contribution is 2.20. The van der Waals surface area contributed by atoms with Crippen LogP contribution in [0, 0.1) is 11.8 Å². The van der Waals surface area contributed by atoms with Crippen molar-refractivity contribution in [3.63, 3.8) is 0 Å². The Kier molecular flexibility index (Phi) is 5.22. The fourth-order valence-electron chi connectivity index (χ4n) is 4.30. The van der Waals surface area contributed by atoms with Gasteiger partial charge in [-0.1, -0.05) is 18.2 Å². The van der Waals surface area contributed by atoms with Crippen molar-refractivity contribution in [2.75, 3.05) is 33.2 Å². The van der Waals surface area contributed by atoms with Crippen LogP contribution in [-0.2, 0) is 13.0 Å². The van der Waals surface area contributed by atoms with Crippen molar-refractivity contribution in [2.24, 2.45) is 11.8 Å². The zero-order chi connectivity index (χ0) is 17.9. The van der Waals surface area contributed by atoms with Crippen molar-refractivity contribution in [1.82, 2.24) is 24.6 Å². The van der Waals surface area contributed by atoms with Gasteiger partial charge in [0.1, 0.15) is 5.82 Å². The van der Waals surface area contributed by atoms with E-state index in [1.165, 1.54) is 0 Å². The monoisotopic (exact) mass is 355 g/mol. The van der Waals surface area contributed by atoms with Gasteiger partial charge in [0.15, 0.2) is 0 Å². The van der Waals surface area contributed by atoms with E-state index in [1.807, 2.05) is 34.9 Å².